The van der Waals surface area contributed by atoms with Crippen LogP contribution in [-0.2, 0) is 13.9 Å². The molecule has 3 atom stereocenters. The Hall–Kier alpha value is -1.88. The van der Waals surface area contributed by atoms with E-state index in [1.54, 1.807) is 0 Å². The molecule has 2 aromatic carbocycles. The summed E-state index contributed by atoms with van der Waals surface area (Å²) in [5.74, 6) is 0.0124. The second-order valence-corrected chi connectivity index (χ2v) is 22.2. The molecule has 0 N–H and O–H groups in total. The molecule has 1 saturated heterocycles. The first-order valence-electron chi connectivity index (χ1n) is 14.4. The zero-order valence-corrected chi connectivity index (χ0v) is 30.3. The van der Waals surface area contributed by atoms with Crippen LogP contribution in [0, 0.1) is 11.8 Å². The summed E-state index contributed by atoms with van der Waals surface area (Å²) < 4.78 is 18.5. The van der Waals surface area contributed by atoms with Gasteiger partial charge in [0.1, 0.15) is 11.2 Å². The van der Waals surface area contributed by atoms with Crippen LogP contribution >= 0.6 is 31.9 Å². The summed E-state index contributed by atoms with van der Waals surface area (Å²) in [5, 5.41) is 4.88. The van der Waals surface area contributed by atoms with Gasteiger partial charge >= 0.3 is 12.2 Å². The van der Waals surface area contributed by atoms with Crippen molar-refractivity contribution < 1.29 is 23.5 Å². The number of nitrogens with zero attached hydrogens (tertiary/aromatic N) is 2. The minimum atomic E-state index is -2.93. The number of hydrazine groups is 1. The number of hydrogen-bond donors (Lipinski definition) is 0. The van der Waals surface area contributed by atoms with Crippen LogP contribution in [-0.4, -0.2) is 64.2 Å². The first-order valence-corrected chi connectivity index (χ1v) is 17.9. The molecule has 0 radical (unpaired) electrons. The van der Waals surface area contributed by atoms with Crippen LogP contribution in [0.1, 0.15) is 62.3 Å². The third-order valence-electron chi connectivity index (χ3n) is 7.69. The number of benzene rings is 2. The van der Waals surface area contributed by atoms with Crippen LogP contribution in [0.4, 0.5) is 9.59 Å². The number of alkyl halides is 2. The van der Waals surface area contributed by atoms with Crippen molar-refractivity contribution in [2.24, 2.45) is 11.8 Å². The molecule has 42 heavy (non-hydrogen) atoms. The lowest BCUT2D eigenvalue weighted by Gasteiger charge is -2.47. The number of rotatable bonds is 5. The van der Waals surface area contributed by atoms with Gasteiger partial charge in [0.25, 0.3) is 8.32 Å². The Morgan fingerprint density at radius 2 is 1.26 bits per heavy atom. The Labute approximate surface area is 268 Å². The Balaban J connectivity index is 1.82. The standard InChI is InChI=1S/C32H44Br2N2O5Si/c1-29(2,3)40-27(37)35-20-24-26(32(24,33)34)25(36(35)28(38)41-30(4,5)6)21-39-42(31(7,8)9,22-16-12-10-13-17-22)23-18-14-11-15-19-23/h10-19,24-26H,20-21H2,1-9H3. The number of hydrogen-bond acceptors (Lipinski definition) is 5. The minimum Gasteiger partial charge on any atom is -0.442 e. The molecule has 4 rings (SSSR count). The van der Waals surface area contributed by atoms with Crippen molar-refractivity contribution in [2.45, 2.75) is 87.8 Å². The largest absolute Gasteiger partial charge is 0.442 e. The maximum Gasteiger partial charge on any atom is 0.429 e. The quantitative estimate of drug-likeness (QED) is 0.244. The smallest absolute Gasteiger partial charge is 0.429 e. The molecule has 230 valence electrons. The maximum atomic E-state index is 13.9. The lowest BCUT2D eigenvalue weighted by Crippen LogP contribution is -2.68. The van der Waals surface area contributed by atoms with E-state index in [4.69, 9.17) is 13.9 Å². The molecular weight excluding hydrogens is 680 g/mol. The van der Waals surface area contributed by atoms with E-state index >= 15 is 0 Å². The molecule has 2 fully saturated rings. The molecule has 3 unspecified atom stereocenters. The molecule has 2 aromatic rings. The van der Waals surface area contributed by atoms with Crippen molar-refractivity contribution in [1.82, 2.24) is 10.0 Å². The van der Waals surface area contributed by atoms with E-state index in [2.05, 4.69) is 76.9 Å². The van der Waals surface area contributed by atoms with Gasteiger partial charge < -0.3 is 13.9 Å². The molecule has 1 heterocycles. The summed E-state index contributed by atoms with van der Waals surface area (Å²) in [7, 11) is -2.93. The normalized spacial score (nSPS) is 22.3. The summed E-state index contributed by atoms with van der Waals surface area (Å²) in [6.45, 7) is 18.1. The Morgan fingerprint density at radius 3 is 1.69 bits per heavy atom. The van der Waals surface area contributed by atoms with Gasteiger partial charge in [-0.1, -0.05) is 113 Å². The molecule has 7 nitrogen and oxygen atoms in total. The summed E-state index contributed by atoms with van der Waals surface area (Å²) in [5.41, 5.74) is -1.50. The average Bonchev–Trinajstić information content (AvgIpc) is 3.42. The van der Waals surface area contributed by atoms with Crippen LogP contribution < -0.4 is 10.4 Å². The van der Waals surface area contributed by atoms with E-state index in [0.717, 1.165) is 10.4 Å². The van der Waals surface area contributed by atoms with Crippen LogP contribution in [0.5, 0.6) is 0 Å². The summed E-state index contributed by atoms with van der Waals surface area (Å²) in [6.07, 6.45) is -1.20. The summed E-state index contributed by atoms with van der Waals surface area (Å²) >= 11 is 7.72. The number of carbonyl (C=O) groups is 2. The topological polar surface area (TPSA) is 68.3 Å². The summed E-state index contributed by atoms with van der Waals surface area (Å²) in [6, 6.07) is 20.3. The lowest BCUT2D eigenvalue weighted by molar-refractivity contribution is -0.104. The molecule has 0 bridgehead atoms. The first-order chi connectivity index (χ1) is 19.3. The van der Waals surface area contributed by atoms with Crippen LogP contribution in [0.3, 0.4) is 0 Å². The molecule has 10 heteroatoms. The fourth-order valence-corrected chi connectivity index (χ4v) is 12.4. The van der Waals surface area contributed by atoms with Crippen molar-refractivity contribution in [3.05, 3.63) is 60.7 Å². The highest BCUT2D eigenvalue weighted by molar-refractivity contribution is 9.25. The van der Waals surface area contributed by atoms with Gasteiger partial charge in [-0.3, -0.25) is 0 Å². The van der Waals surface area contributed by atoms with Gasteiger partial charge in [0.15, 0.2) is 0 Å². The highest BCUT2D eigenvalue weighted by atomic mass is 79.9. The zero-order valence-electron chi connectivity index (χ0n) is 26.1. The average molecular weight is 725 g/mol. The first kappa shape index (κ1) is 33.0. The predicted molar refractivity (Wildman–Crippen MR) is 176 cm³/mol. The molecule has 2 amide bonds. The number of ether oxygens (including phenoxy) is 2. The van der Waals surface area contributed by atoms with E-state index < -0.39 is 41.0 Å². The van der Waals surface area contributed by atoms with E-state index in [1.165, 1.54) is 10.0 Å². The van der Waals surface area contributed by atoms with Gasteiger partial charge in [0.05, 0.1) is 22.4 Å². The summed E-state index contributed by atoms with van der Waals surface area (Å²) in [4.78, 5) is 27.5. The molecule has 0 aromatic heterocycles. The number of halogens is 2. The van der Waals surface area contributed by atoms with Crippen molar-refractivity contribution in [2.75, 3.05) is 13.2 Å². The van der Waals surface area contributed by atoms with E-state index in [1.807, 2.05) is 77.9 Å². The Morgan fingerprint density at radius 1 is 0.810 bits per heavy atom. The van der Waals surface area contributed by atoms with Gasteiger partial charge in [0, 0.05) is 11.8 Å². The monoisotopic (exact) mass is 722 g/mol. The van der Waals surface area contributed by atoms with E-state index in [-0.39, 0.29) is 23.5 Å². The van der Waals surface area contributed by atoms with Gasteiger partial charge in [-0.05, 0) is 57.0 Å². The van der Waals surface area contributed by atoms with Gasteiger partial charge in [-0.15, -0.1) is 0 Å². The van der Waals surface area contributed by atoms with Gasteiger partial charge in [-0.25, -0.2) is 19.6 Å². The van der Waals surface area contributed by atoms with Crippen LogP contribution in [0.2, 0.25) is 5.04 Å². The fourth-order valence-electron chi connectivity index (χ4n) is 5.95. The molecule has 2 aliphatic rings. The zero-order chi connectivity index (χ0) is 31.3. The predicted octanol–water partition coefficient (Wildman–Crippen LogP) is 7.07. The molecule has 1 aliphatic heterocycles. The third-order valence-corrected chi connectivity index (χ3v) is 14.9. The Bertz CT molecular complexity index is 1230. The molecular formula is C32H44Br2N2O5Si. The second-order valence-electron chi connectivity index (χ2n) is 14.2. The van der Waals surface area contributed by atoms with E-state index in [0.29, 0.717) is 6.54 Å². The number of carbonyl (C=O) groups excluding carboxylic acids is 2. The highest BCUT2D eigenvalue weighted by Gasteiger charge is 2.71. The molecule has 1 aliphatic carbocycles. The number of fused-ring (bicyclic) bond motifs is 1. The van der Waals surface area contributed by atoms with Crippen LogP contribution in [0.25, 0.3) is 0 Å². The van der Waals surface area contributed by atoms with Gasteiger partial charge in [-0.2, -0.15) is 0 Å². The highest BCUT2D eigenvalue weighted by Crippen LogP contribution is 2.66. The maximum absolute atomic E-state index is 13.9. The lowest BCUT2D eigenvalue weighted by atomic mass is 10.1. The van der Waals surface area contributed by atoms with Crippen molar-refractivity contribution >= 4 is 62.7 Å². The fraction of sp³-hybridized carbons (Fsp3) is 0.562. The number of amides is 2. The van der Waals surface area contributed by atoms with Crippen molar-refractivity contribution in [1.29, 1.82) is 0 Å². The van der Waals surface area contributed by atoms with Crippen molar-refractivity contribution in [3.63, 3.8) is 0 Å². The Kier molecular flexibility index (Phi) is 9.09. The van der Waals surface area contributed by atoms with Crippen molar-refractivity contribution in [3.8, 4) is 0 Å². The SMILES string of the molecule is CC(C)(C)OC(=O)N1CC2C(C(CO[Si](c3ccccc3)(c3ccccc3)C(C)(C)C)N1C(=O)OC(C)(C)C)C2(Br)Br. The molecule has 0 spiro atoms. The van der Waals surface area contributed by atoms with Gasteiger partial charge in [0.2, 0.25) is 0 Å². The third kappa shape index (κ3) is 6.61. The van der Waals surface area contributed by atoms with E-state index in [9.17, 15) is 9.59 Å². The molecule has 1 saturated carbocycles. The second kappa shape index (κ2) is 11.6. The minimum absolute atomic E-state index is 0.0260. The van der Waals surface area contributed by atoms with Crippen LogP contribution in [0.15, 0.2) is 60.7 Å².